The van der Waals surface area contributed by atoms with Gasteiger partial charge in [-0.05, 0) is 42.8 Å². The van der Waals surface area contributed by atoms with Crippen molar-refractivity contribution in [3.8, 4) is 21.8 Å². The fourth-order valence-electron chi connectivity index (χ4n) is 2.02. The predicted molar refractivity (Wildman–Crippen MR) is 85.4 cm³/mol. The van der Waals surface area contributed by atoms with Gasteiger partial charge in [-0.1, -0.05) is 28.1 Å². The first-order valence-corrected chi connectivity index (χ1v) is 7.78. The Kier molecular flexibility index (Phi) is 3.68. The second kappa shape index (κ2) is 5.46. The lowest BCUT2D eigenvalue weighted by molar-refractivity contribution is 0.627. The molecule has 0 radical (unpaired) electrons. The topological polar surface area (TPSA) is 12.9 Å². The molecule has 3 aromatic rings. The summed E-state index contributed by atoms with van der Waals surface area (Å²) in [5, 5.41) is 2.84. The van der Waals surface area contributed by atoms with Crippen LogP contribution in [0.2, 0.25) is 0 Å². The monoisotopic (exact) mass is 347 g/mol. The highest BCUT2D eigenvalue weighted by atomic mass is 79.9. The molecule has 0 fully saturated rings. The van der Waals surface area contributed by atoms with Crippen LogP contribution in [0.4, 0.5) is 4.39 Å². The minimum absolute atomic E-state index is 0.222. The fraction of sp³-hybridized carbons (Fsp3) is 0.0625. The summed E-state index contributed by atoms with van der Waals surface area (Å²) in [5.74, 6) is -0.222. The third-order valence-electron chi connectivity index (χ3n) is 2.93. The van der Waals surface area contributed by atoms with Crippen LogP contribution in [0.5, 0.6) is 0 Å². The van der Waals surface area contributed by atoms with Crippen molar-refractivity contribution in [2.24, 2.45) is 0 Å². The van der Waals surface area contributed by atoms with Crippen molar-refractivity contribution in [2.75, 3.05) is 0 Å². The molecular formula is C16H11BrFNS. The Balaban J connectivity index is 1.99. The number of hydrogen-bond acceptors (Lipinski definition) is 2. The van der Waals surface area contributed by atoms with Gasteiger partial charge in [0, 0.05) is 21.0 Å². The van der Waals surface area contributed by atoms with E-state index < -0.39 is 0 Å². The van der Waals surface area contributed by atoms with E-state index in [0.29, 0.717) is 0 Å². The lowest BCUT2D eigenvalue weighted by Crippen LogP contribution is -1.83. The quantitative estimate of drug-likeness (QED) is 0.580. The van der Waals surface area contributed by atoms with Crippen LogP contribution in [-0.4, -0.2) is 4.98 Å². The Morgan fingerprint density at radius 2 is 1.80 bits per heavy atom. The molecule has 4 heteroatoms. The zero-order chi connectivity index (χ0) is 14.1. The molecule has 0 amide bonds. The number of halogens is 2. The van der Waals surface area contributed by atoms with Crippen molar-refractivity contribution < 1.29 is 4.39 Å². The third kappa shape index (κ3) is 2.81. The summed E-state index contributed by atoms with van der Waals surface area (Å²) in [6, 6.07) is 13.0. The maximum atomic E-state index is 13.5. The van der Waals surface area contributed by atoms with Crippen LogP contribution in [0.1, 0.15) is 5.56 Å². The van der Waals surface area contributed by atoms with E-state index in [0.717, 1.165) is 31.9 Å². The molecule has 1 aromatic heterocycles. The van der Waals surface area contributed by atoms with Gasteiger partial charge in [0.1, 0.15) is 10.8 Å². The van der Waals surface area contributed by atoms with Gasteiger partial charge in [-0.25, -0.2) is 9.37 Å². The summed E-state index contributed by atoms with van der Waals surface area (Å²) >= 11 is 4.95. The molecule has 0 bridgehead atoms. The molecule has 3 rings (SSSR count). The summed E-state index contributed by atoms with van der Waals surface area (Å²) in [7, 11) is 0. The van der Waals surface area contributed by atoms with Crippen LogP contribution in [0.3, 0.4) is 0 Å². The first-order chi connectivity index (χ1) is 9.61. The predicted octanol–water partition coefficient (Wildman–Crippen LogP) is 5.69. The van der Waals surface area contributed by atoms with Crippen molar-refractivity contribution in [1.29, 1.82) is 0 Å². The molecule has 100 valence electrons. The molecule has 0 spiro atoms. The van der Waals surface area contributed by atoms with Gasteiger partial charge in [0.2, 0.25) is 0 Å². The molecule has 0 N–H and O–H groups in total. The molecule has 1 heterocycles. The molecule has 2 aromatic carbocycles. The number of aryl methyl sites for hydroxylation is 1. The van der Waals surface area contributed by atoms with Crippen molar-refractivity contribution in [2.45, 2.75) is 6.92 Å². The van der Waals surface area contributed by atoms with E-state index in [1.54, 1.807) is 0 Å². The van der Waals surface area contributed by atoms with Gasteiger partial charge >= 0.3 is 0 Å². The van der Waals surface area contributed by atoms with E-state index in [1.807, 2.05) is 42.6 Å². The van der Waals surface area contributed by atoms with E-state index >= 15 is 0 Å². The third-order valence-corrected chi connectivity index (χ3v) is 4.35. The zero-order valence-corrected chi connectivity index (χ0v) is 13.1. The number of benzene rings is 2. The van der Waals surface area contributed by atoms with E-state index in [-0.39, 0.29) is 5.82 Å². The van der Waals surface area contributed by atoms with E-state index in [9.17, 15) is 4.39 Å². The number of rotatable bonds is 2. The minimum Gasteiger partial charge on any atom is -0.236 e. The van der Waals surface area contributed by atoms with E-state index in [4.69, 9.17) is 0 Å². The molecule has 0 saturated carbocycles. The Morgan fingerprint density at radius 1 is 1.05 bits per heavy atom. The zero-order valence-electron chi connectivity index (χ0n) is 10.7. The second-order valence-corrected chi connectivity index (χ2v) is 6.34. The van der Waals surface area contributed by atoms with Crippen molar-refractivity contribution in [1.82, 2.24) is 4.98 Å². The second-order valence-electron chi connectivity index (χ2n) is 4.56. The largest absolute Gasteiger partial charge is 0.236 e. The van der Waals surface area contributed by atoms with Gasteiger partial charge in [-0.3, -0.25) is 0 Å². The molecule has 0 atom stereocenters. The fourth-order valence-corrected chi connectivity index (χ4v) is 3.10. The standard InChI is InChI=1S/C16H11BrFNS/c1-10-6-12(8-14(18)7-10)16-19-15(9-20-16)11-2-4-13(17)5-3-11/h2-9H,1H3. The number of hydrogen-bond donors (Lipinski definition) is 0. The summed E-state index contributed by atoms with van der Waals surface area (Å²) in [4.78, 5) is 4.60. The summed E-state index contributed by atoms with van der Waals surface area (Å²) in [6.45, 7) is 1.88. The highest BCUT2D eigenvalue weighted by Crippen LogP contribution is 2.30. The van der Waals surface area contributed by atoms with Crippen LogP contribution in [-0.2, 0) is 0 Å². The Hall–Kier alpha value is -1.52. The maximum absolute atomic E-state index is 13.5. The summed E-state index contributed by atoms with van der Waals surface area (Å²) in [5.41, 5.74) is 3.71. The van der Waals surface area contributed by atoms with E-state index in [2.05, 4.69) is 20.9 Å². The van der Waals surface area contributed by atoms with Crippen molar-refractivity contribution >= 4 is 27.3 Å². The Morgan fingerprint density at radius 3 is 2.50 bits per heavy atom. The van der Waals surface area contributed by atoms with Gasteiger partial charge < -0.3 is 0 Å². The average Bonchev–Trinajstić information content (AvgIpc) is 2.88. The Labute approximate surface area is 129 Å². The average molecular weight is 348 g/mol. The number of thiazole rings is 1. The van der Waals surface area contributed by atoms with Crippen LogP contribution >= 0.6 is 27.3 Å². The molecule has 20 heavy (non-hydrogen) atoms. The SMILES string of the molecule is Cc1cc(F)cc(-c2nc(-c3ccc(Br)cc3)cs2)c1. The van der Waals surface area contributed by atoms with Gasteiger partial charge in [0.25, 0.3) is 0 Å². The molecule has 0 aliphatic rings. The maximum Gasteiger partial charge on any atom is 0.124 e. The lowest BCUT2D eigenvalue weighted by Gasteiger charge is -2.00. The summed E-state index contributed by atoms with van der Waals surface area (Å²) in [6.07, 6.45) is 0. The number of nitrogens with zero attached hydrogens (tertiary/aromatic N) is 1. The smallest absolute Gasteiger partial charge is 0.124 e. The highest BCUT2D eigenvalue weighted by molar-refractivity contribution is 9.10. The molecule has 0 unspecified atom stereocenters. The Bertz CT molecular complexity index is 729. The lowest BCUT2D eigenvalue weighted by atomic mass is 10.1. The van der Waals surface area contributed by atoms with Crippen LogP contribution in [0.15, 0.2) is 52.3 Å². The highest BCUT2D eigenvalue weighted by Gasteiger charge is 2.08. The molecule has 1 nitrogen and oxygen atoms in total. The first kappa shape index (κ1) is 13.5. The normalized spacial score (nSPS) is 10.8. The molecule has 0 aliphatic carbocycles. The van der Waals surface area contributed by atoms with Crippen molar-refractivity contribution in [3.05, 3.63) is 63.7 Å². The van der Waals surface area contributed by atoms with Gasteiger partial charge in [-0.15, -0.1) is 11.3 Å². The van der Waals surface area contributed by atoms with Crippen LogP contribution in [0.25, 0.3) is 21.8 Å². The van der Waals surface area contributed by atoms with Crippen molar-refractivity contribution in [3.63, 3.8) is 0 Å². The minimum atomic E-state index is -0.222. The van der Waals surface area contributed by atoms with Gasteiger partial charge in [-0.2, -0.15) is 0 Å². The first-order valence-electron chi connectivity index (χ1n) is 6.11. The van der Waals surface area contributed by atoms with E-state index in [1.165, 1.54) is 23.5 Å². The van der Waals surface area contributed by atoms with Crippen LogP contribution in [0, 0.1) is 12.7 Å². The van der Waals surface area contributed by atoms with Crippen LogP contribution < -0.4 is 0 Å². The molecule has 0 saturated heterocycles. The molecule has 0 aliphatic heterocycles. The summed E-state index contributed by atoms with van der Waals surface area (Å²) < 4.78 is 14.5. The van der Waals surface area contributed by atoms with Gasteiger partial charge in [0.05, 0.1) is 5.69 Å². The van der Waals surface area contributed by atoms with Gasteiger partial charge in [0.15, 0.2) is 0 Å². The number of aromatic nitrogens is 1. The molecular weight excluding hydrogens is 337 g/mol.